The van der Waals surface area contributed by atoms with Gasteiger partial charge in [0.05, 0.1) is 6.54 Å². The van der Waals surface area contributed by atoms with Crippen LogP contribution < -0.4 is 16.0 Å². The van der Waals surface area contributed by atoms with E-state index in [9.17, 15) is 9.59 Å². The second-order valence-electron chi connectivity index (χ2n) is 6.08. The van der Waals surface area contributed by atoms with Gasteiger partial charge in [-0.15, -0.1) is 0 Å². The van der Waals surface area contributed by atoms with Gasteiger partial charge in [0, 0.05) is 23.5 Å². The van der Waals surface area contributed by atoms with Crippen molar-refractivity contribution in [1.82, 2.24) is 0 Å². The smallest absolute Gasteiger partial charge is 0.243 e. The first-order chi connectivity index (χ1) is 11.9. The van der Waals surface area contributed by atoms with Gasteiger partial charge >= 0.3 is 0 Å². The van der Waals surface area contributed by atoms with Gasteiger partial charge in [-0.05, 0) is 55.7 Å². The molecular weight excluding hydrogens is 314 g/mol. The fourth-order valence-corrected chi connectivity index (χ4v) is 2.40. The van der Waals surface area contributed by atoms with Crippen molar-refractivity contribution in [2.75, 3.05) is 22.5 Å². The van der Waals surface area contributed by atoms with E-state index in [2.05, 4.69) is 16.0 Å². The van der Waals surface area contributed by atoms with Crippen molar-refractivity contribution in [2.45, 2.75) is 34.1 Å². The molecule has 2 aromatic carbocycles. The number of amides is 2. The Kier molecular flexibility index (Phi) is 6.17. The van der Waals surface area contributed by atoms with Crippen LogP contribution in [0.5, 0.6) is 0 Å². The van der Waals surface area contributed by atoms with Gasteiger partial charge < -0.3 is 16.0 Å². The molecule has 0 spiro atoms. The maximum Gasteiger partial charge on any atom is 0.243 e. The lowest BCUT2D eigenvalue weighted by molar-refractivity contribution is -0.116. The maximum atomic E-state index is 12.2. The summed E-state index contributed by atoms with van der Waals surface area (Å²) in [7, 11) is 0. The molecule has 2 amide bonds. The van der Waals surface area contributed by atoms with Crippen LogP contribution in [0, 0.1) is 20.8 Å². The molecule has 132 valence electrons. The molecule has 0 radical (unpaired) electrons. The molecule has 0 fully saturated rings. The Bertz CT molecular complexity index is 785. The predicted molar refractivity (Wildman–Crippen MR) is 103 cm³/mol. The molecule has 3 N–H and O–H groups in total. The molecule has 0 bridgehead atoms. The Morgan fingerprint density at radius 3 is 2.36 bits per heavy atom. The first-order valence-electron chi connectivity index (χ1n) is 8.41. The molecule has 0 aliphatic rings. The van der Waals surface area contributed by atoms with E-state index in [0.717, 1.165) is 16.8 Å². The minimum atomic E-state index is -0.141. The number of aryl methyl sites for hydroxylation is 2. The van der Waals surface area contributed by atoms with Gasteiger partial charge in [-0.1, -0.05) is 25.1 Å². The molecule has 0 saturated heterocycles. The van der Waals surface area contributed by atoms with Crippen LogP contribution in [0.25, 0.3) is 0 Å². The van der Waals surface area contributed by atoms with Crippen molar-refractivity contribution in [3.63, 3.8) is 0 Å². The zero-order valence-corrected chi connectivity index (χ0v) is 15.2. The van der Waals surface area contributed by atoms with Crippen molar-refractivity contribution in [2.24, 2.45) is 0 Å². The Balaban J connectivity index is 1.99. The van der Waals surface area contributed by atoms with Gasteiger partial charge in [0.1, 0.15) is 0 Å². The van der Waals surface area contributed by atoms with E-state index in [1.807, 2.05) is 51.1 Å². The fourth-order valence-electron chi connectivity index (χ4n) is 2.40. The van der Waals surface area contributed by atoms with Gasteiger partial charge in [-0.3, -0.25) is 9.59 Å². The normalized spacial score (nSPS) is 10.2. The van der Waals surface area contributed by atoms with Crippen molar-refractivity contribution in [3.05, 3.63) is 53.1 Å². The van der Waals surface area contributed by atoms with Crippen molar-refractivity contribution < 1.29 is 9.59 Å². The average molecular weight is 339 g/mol. The molecule has 0 heterocycles. The van der Waals surface area contributed by atoms with Gasteiger partial charge in [-0.2, -0.15) is 0 Å². The van der Waals surface area contributed by atoms with E-state index in [0.29, 0.717) is 17.8 Å². The molecule has 2 aromatic rings. The van der Waals surface area contributed by atoms with Crippen LogP contribution in [0.4, 0.5) is 17.1 Å². The van der Waals surface area contributed by atoms with E-state index < -0.39 is 0 Å². The third-order valence-electron chi connectivity index (χ3n) is 4.16. The second-order valence-corrected chi connectivity index (χ2v) is 6.08. The third-order valence-corrected chi connectivity index (χ3v) is 4.16. The number of hydrogen-bond acceptors (Lipinski definition) is 3. The van der Waals surface area contributed by atoms with Crippen LogP contribution >= 0.6 is 0 Å². The summed E-state index contributed by atoms with van der Waals surface area (Å²) in [6.45, 7) is 7.96. The summed E-state index contributed by atoms with van der Waals surface area (Å²) in [4.78, 5) is 23.8. The fraction of sp³-hybridized carbons (Fsp3) is 0.300. The van der Waals surface area contributed by atoms with Crippen LogP contribution in [0.3, 0.4) is 0 Å². The molecule has 0 aromatic heterocycles. The van der Waals surface area contributed by atoms with Crippen LogP contribution in [0.2, 0.25) is 0 Å². The lowest BCUT2D eigenvalue weighted by Gasteiger charge is -2.13. The molecule has 0 saturated carbocycles. The summed E-state index contributed by atoms with van der Waals surface area (Å²) in [6.07, 6.45) is 0.412. The largest absolute Gasteiger partial charge is 0.376 e. The highest BCUT2D eigenvalue weighted by Crippen LogP contribution is 2.21. The quantitative estimate of drug-likeness (QED) is 0.745. The lowest BCUT2D eigenvalue weighted by Crippen LogP contribution is -2.22. The Hall–Kier alpha value is -2.82. The van der Waals surface area contributed by atoms with Gasteiger partial charge in [-0.25, -0.2) is 0 Å². The number of benzene rings is 2. The number of hydrogen-bond donors (Lipinski definition) is 3. The zero-order chi connectivity index (χ0) is 18.4. The minimum Gasteiger partial charge on any atom is -0.376 e. The lowest BCUT2D eigenvalue weighted by atomic mass is 10.1. The first-order valence-corrected chi connectivity index (χ1v) is 8.41. The summed E-state index contributed by atoms with van der Waals surface area (Å²) < 4.78 is 0. The van der Waals surface area contributed by atoms with E-state index >= 15 is 0 Å². The predicted octanol–water partition coefficient (Wildman–Crippen LogP) is 4.01. The summed E-state index contributed by atoms with van der Waals surface area (Å²) in [5, 5.41) is 8.85. The van der Waals surface area contributed by atoms with Gasteiger partial charge in [0.2, 0.25) is 11.8 Å². The summed E-state index contributed by atoms with van der Waals surface area (Å²) in [5.41, 5.74) is 5.59. The monoisotopic (exact) mass is 339 g/mol. The molecule has 0 aliphatic heterocycles. The number of rotatable bonds is 6. The molecule has 5 nitrogen and oxygen atoms in total. The van der Waals surface area contributed by atoms with Gasteiger partial charge in [0.25, 0.3) is 0 Å². The molecule has 5 heteroatoms. The first kappa shape index (κ1) is 18.5. The van der Waals surface area contributed by atoms with E-state index in [-0.39, 0.29) is 18.4 Å². The van der Waals surface area contributed by atoms with E-state index in [1.165, 1.54) is 5.56 Å². The van der Waals surface area contributed by atoms with Crippen molar-refractivity contribution in [1.29, 1.82) is 0 Å². The molecule has 25 heavy (non-hydrogen) atoms. The van der Waals surface area contributed by atoms with E-state index in [1.54, 1.807) is 13.0 Å². The van der Waals surface area contributed by atoms with Crippen LogP contribution in [0.1, 0.15) is 30.0 Å². The van der Waals surface area contributed by atoms with Crippen molar-refractivity contribution >= 4 is 28.9 Å². The number of anilines is 3. The molecular formula is C20H25N3O2. The minimum absolute atomic E-state index is 0.0526. The molecule has 0 unspecified atom stereocenters. The molecule has 0 aliphatic carbocycles. The summed E-state index contributed by atoms with van der Waals surface area (Å²) >= 11 is 0. The van der Waals surface area contributed by atoms with Crippen LogP contribution in [-0.2, 0) is 9.59 Å². The topological polar surface area (TPSA) is 70.2 Å². The second kappa shape index (κ2) is 8.33. The van der Waals surface area contributed by atoms with Crippen LogP contribution in [-0.4, -0.2) is 18.4 Å². The summed E-state index contributed by atoms with van der Waals surface area (Å²) in [5.74, 6) is -0.194. The highest BCUT2D eigenvalue weighted by Gasteiger charge is 2.08. The maximum absolute atomic E-state index is 12.2. The Labute approximate surface area is 148 Å². The van der Waals surface area contributed by atoms with E-state index in [4.69, 9.17) is 0 Å². The molecule has 0 atom stereocenters. The third kappa shape index (κ3) is 5.08. The highest BCUT2D eigenvalue weighted by molar-refractivity contribution is 5.96. The number of nitrogens with one attached hydrogen (secondary N) is 3. The summed E-state index contributed by atoms with van der Waals surface area (Å²) in [6, 6.07) is 11.4. The average Bonchev–Trinajstić information content (AvgIpc) is 2.59. The zero-order valence-electron chi connectivity index (χ0n) is 15.2. The van der Waals surface area contributed by atoms with Gasteiger partial charge in [0.15, 0.2) is 0 Å². The number of carbonyl (C=O) groups is 2. The van der Waals surface area contributed by atoms with Crippen molar-refractivity contribution in [3.8, 4) is 0 Å². The standard InChI is InChI=1S/C20H25N3O2/c1-5-19(24)23-18-11-16(10-9-14(18)3)22-20(25)12-21-17-8-6-7-13(2)15(17)4/h6-11,21H,5,12H2,1-4H3,(H,22,25)(H,23,24). The number of carbonyl (C=O) groups excluding carboxylic acids is 2. The highest BCUT2D eigenvalue weighted by atomic mass is 16.2. The molecule has 2 rings (SSSR count). The SMILES string of the molecule is CCC(=O)Nc1cc(NC(=O)CNc2cccc(C)c2C)ccc1C. The Morgan fingerprint density at radius 2 is 1.64 bits per heavy atom. The van der Waals surface area contributed by atoms with Crippen LogP contribution in [0.15, 0.2) is 36.4 Å². The Morgan fingerprint density at radius 1 is 0.880 bits per heavy atom.